The zero-order valence-electron chi connectivity index (χ0n) is 6.75. The lowest BCUT2D eigenvalue weighted by Crippen LogP contribution is -2.22. The van der Waals surface area contributed by atoms with E-state index in [1.165, 1.54) is 0 Å². The van der Waals surface area contributed by atoms with Gasteiger partial charge in [0.25, 0.3) is 0 Å². The van der Waals surface area contributed by atoms with Gasteiger partial charge in [-0.15, -0.1) is 0 Å². The molecule has 2 rings (SSSR count). The molecule has 12 heavy (non-hydrogen) atoms. The molecule has 0 amide bonds. The highest BCUT2D eigenvalue weighted by Crippen LogP contribution is 2.05. The van der Waals surface area contributed by atoms with E-state index in [1.807, 2.05) is 0 Å². The van der Waals surface area contributed by atoms with Gasteiger partial charge in [-0.25, -0.2) is 4.98 Å². The van der Waals surface area contributed by atoms with Crippen molar-refractivity contribution >= 4 is 5.82 Å². The molecule has 2 heterocycles. The summed E-state index contributed by atoms with van der Waals surface area (Å²) in [5.41, 5.74) is 0. The maximum atomic E-state index is 4.02. The second kappa shape index (κ2) is 3.49. The summed E-state index contributed by atoms with van der Waals surface area (Å²) in [5, 5.41) is 6.55. The molecule has 63 valence electrons. The largest absolute Gasteiger partial charge is 0.365 e. The number of anilines is 1. The lowest BCUT2D eigenvalue weighted by atomic mass is 10.3. The highest BCUT2D eigenvalue weighted by Gasteiger charge is 2.13. The minimum Gasteiger partial charge on any atom is -0.365 e. The maximum absolute atomic E-state index is 4.02. The second-order valence-electron chi connectivity index (χ2n) is 2.87. The molecule has 1 fully saturated rings. The summed E-state index contributed by atoms with van der Waals surface area (Å²) in [6, 6.07) is 0.495. The molecule has 0 aliphatic carbocycles. The molecule has 4 heteroatoms. The molecule has 1 unspecified atom stereocenters. The van der Waals surface area contributed by atoms with Gasteiger partial charge in [0.1, 0.15) is 12.0 Å². The molecule has 1 atom stereocenters. The number of aromatic nitrogens is 2. The molecule has 0 saturated carbocycles. The van der Waals surface area contributed by atoms with Crippen molar-refractivity contribution in [2.45, 2.75) is 12.5 Å². The van der Waals surface area contributed by atoms with E-state index in [1.54, 1.807) is 12.4 Å². The molecule has 0 aromatic carbocycles. The molecule has 1 aromatic rings. The Morgan fingerprint density at radius 2 is 2.67 bits per heavy atom. The average molecular weight is 163 g/mol. The summed E-state index contributed by atoms with van der Waals surface area (Å²) in [6.07, 6.45) is 7.11. The first-order chi connectivity index (χ1) is 5.95. The van der Waals surface area contributed by atoms with Crippen molar-refractivity contribution in [2.24, 2.45) is 0 Å². The van der Waals surface area contributed by atoms with E-state index in [4.69, 9.17) is 0 Å². The third-order valence-electron chi connectivity index (χ3n) is 1.93. The van der Waals surface area contributed by atoms with Crippen LogP contribution in [-0.2, 0) is 0 Å². The van der Waals surface area contributed by atoms with Crippen LogP contribution < -0.4 is 10.6 Å². The van der Waals surface area contributed by atoms with E-state index >= 15 is 0 Å². The first-order valence-corrected chi connectivity index (χ1v) is 4.10. The third-order valence-corrected chi connectivity index (χ3v) is 1.93. The van der Waals surface area contributed by atoms with Crippen molar-refractivity contribution in [1.29, 1.82) is 0 Å². The Hall–Kier alpha value is -1.16. The van der Waals surface area contributed by atoms with Crippen molar-refractivity contribution in [3.05, 3.63) is 18.6 Å². The lowest BCUT2D eigenvalue weighted by molar-refractivity contribution is 0.786. The van der Waals surface area contributed by atoms with Gasteiger partial charge in [-0.2, -0.15) is 0 Å². The van der Waals surface area contributed by atoms with Gasteiger partial charge in [0.05, 0.1) is 12.4 Å². The molecule has 0 bridgehead atoms. The second-order valence-corrected chi connectivity index (χ2v) is 2.87. The Morgan fingerprint density at radius 1 is 1.67 bits per heavy atom. The van der Waals surface area contributed by atoms with E-state index in [2.05, 4.69) is 26.8 Å². The first-order valence-electron chi connectivity index (χ1n) is 4.10. The Morgan fingerprint density at radius 3 is 3.33 bits per heavy atom. The van der Waals surface area contributed by atoms with Gasteiger partial charge in [-0.1, -0.05) is 0 Å². The predicted molar refractivity (Wildman–Crippen MR) is 45.8 cm³/mol. The summed E-state index contributed by atoms with van der Waals surface area (Å²) in [7, 11) is 0. The van der Waals surface area contributed by atoms with Crippen LogP contribution in [0.5, 0.6) is 0 Å². The molecular formula is C8H11N4. The van der Waals surface area contributed by atoms with Crippen LogP contribution in [0.25, 0.3) is 0 Å². The lowest BCUT2D eigenvalue weighted by Gasteiger charge is -2.10. The highest BCUT2D eigenvalue weighted by molar-refractivity contribution is 5.31. The third kappa shape index (κ3) is 1.71. The zero-order chi connectivity index (χ0) is 8.23. The normalized spacial score (nSPS) is 22.5. The fourth-order valence-corrected chi connectivity index (χ4v) is 1.33. The molecule has 0 spiro atoms. The summed E-state index contributed by atoms with van der Waals surface area (Å²) in [5.74, 6) is 0.811. The van der Waals surface area contributed by atoms with Gasteiger partial charge < -0.3 is 10.6 Å². The van der Waals surface area contributed by atoms with Gasteiger partial charge in [-0.3, -0.25) is 4.98 Å². The smallest absolute Gasteiger partial charge is 0.145 e. The van der Waals surface area contributed by atoms with Crippen molar-refractivity contribution in [1.82, 2.24) is 15.3 Å². The van der Waals surface area contributed by atoms with Gasteiger partial charge >= 0.3 is 0 Å². The highest BCUT2D eigenvalue weighted by atomic mass is 15.1. The molecule has 1 saturated heterocycles. The average Bonchev–Trinajstić information content (AvgIpc) is 2.59. The van der Waals surface area contributed by atoms with Gasteiger partial charge in [0.2, 0.25) is 0 Å². The molecule has 4 nitrogen and oxygen atoms in total. The maximum Gasteiger partial charge on any atom is 0.145 e. The van der Waals surface area contributed by atoms with Crippen LogP contribution in [0.1, 0.15) is 6.42 Å². The van der Waals surface area contributed by atoms with E-state index in [0.717, 1.165) is 25.3 Å². The molecule has 1 radical (unpaired) electrons. The number of hydrogen-bond donors (Lipinski definition) is 2. The molecule has 2 N–H and O–H groups in total. The number of rotatable bonds is 2. The van der Waals surface area contributed by atoms with Gasteiger partial charge in [0, 0.05) is 12.6 Å². The van der Waals surface area contributed by atoms with Crippen LogP contribution in [0.3, 0.4) is 0 Å². The van der Waals surface area contributed by atoms with Crippen molar-refractivity contribution < 1.29 is 0 Å². The van der Waals surface area contributed by atoms with Crippen LogP contribution >= 0.6 is 0 Å². The summed E-state index contributed by atoms with van der Waals surface area (Å²) in [6.45, 7) is 2.10. The summed E-state index contributed by atoms with van der Waals surface area (Å²) in [4.78, 5) is 7.94. The van der Waals surface area contributed by atoms with Gasteiger partial charge in [0.15, 0.2) is 0 Å². The van der Waals surface area contributed by atoms with Crippen molar-refractivity contribution in [3.8, 4) is 0 Å². The molecular weight excluding hydrogens is 152 g/mol. The van der Waals surface area contributed by atoms with E-state index in [9.17, 15) is 0 Å². The van der Waals surface area contributed by atoms with Gasteiger partial charge in [-0.05, 0) is 13.0 Å². The fourth-order valence-electron chi connectivity index (χ4n) is 1.33. The Balaban J connectivity index is 1.94. The van der Waals surface area contributed by atoms with Crippen LogP contribution in [0.4, 0.5) is 5.82 Å². The topological polar surface area (TPSA) is 49.8 Å². The summed E-state index contributed by atoms with van der Waals surface area (Å²) >= 11 is 0. The Bertz CT molecular complexity index is 230. The van der Waals surface area contributed by atoms with Crippen molar-refractivity contribution in [3.63, 3.8) is 0 Å². The number of hydrogen-bond acceptors (Lipinski definition) is 4. The van der Waals surface area contributed by atoms with E-state index in [0.29, 0.717) is 6.04 Å². The molecule has 1 aliphatic heterocycles. The van der Waals surface area contributed by atoms with Crippen LogP contribution in [0.2, 0.25) is 0 Å². The zero-order valence-corrected chi connectivity index (χ0v) is 6.75. The van der Waals surface area contributed by atoms with Crippen LogP contribution in [0, 0.1) is 6.20 Å². The Labute approximate surface area is 71.4 Å². The van der Waals surface area contributed by atoms with Crippen molar-refractivity contribution in [2.75, 3.05) is 18.4 Å². The monoisotopic (exact) mass is 163 g/mol. The standard InChI is InChI=1S/C8H11N4/c1-2-9-5-7(1)12-8-6-10-3-4-11-8/h3,6-7,9H,1-2,5H2,(H,11,12). The quantitative estimate of drug-likeness (QED) is 0.647. The SMILES string of the molecule is [c]1cncc(NC2CCNC2)n1. The molecule has 1 aromatic heterocycles. The first kappa shape index (κ1) is 7.49. The summed E-state index contributed by atoms with van der Waals surface area (Å²) < 4.78 is 0. The fraction of sp³-hybridized carbons (Fsp3) is 0.500. The Kier molecular flexibility index (Phi) is 2.18. The van der Waals surface area contributed by atoms with Crippen LogP contribution in [0.15, 0.2) is 12.4 Å². The van der Waals surface area contributed by atoms with E-state index in [-0.39, 0.29) is 0 Å². The van der Waals surface area contributed by atoms with Crippen LogP contribution in [-0.4, -0.2) is 29.1 Å². The predicted octanol–water partition coefficient (Wildman–Crippen LogP) is 0.0506. The number of nitrogens with one attached hydrogen (secondary N) is 2. The number of nitrogens with zero attached hydrogens (tertiary/aromatic N) is 2. The minimum atomic E-state index is 0.495. The minimum absolute atomic E-state index is 0.495. The van der Waals surface area contributed by atoms with E-state index < -0.39 is 0 Å². The molecule has 1 aliphatic rings.